The Bertz CT molecular complexity index is 179. The minimum absolute atomic E-state index is 0.207. The highest BCUT2D eigenvalue weighted by Crippen LogP contribution is 2.04. The standard InChI is InChI=1S/C11H23N3O/c12-7-3-1-2-4-11(15)14-10-5-8-13-9-6-10/h10,13H,1-9,12H2,(H,14,15). The number of nitrogens with one attached hydrogen (secondary N) is 2. The van der Waals surface area contributed by atoms with Crippen LogP contribution in [-0.2, 0) is 4.79 Å². The van der Waals surface area contributed by atoms with Gasteiger partial charge in [0.2, 0.25) is 5.91 Å². The Labute approximate surface area is 92.0 Å². The highest BCUT2D eigenvalue weighted by atomic mass is 16.1. The zero-order valence-corrected chi connectivity index (χ0v) is 9.43. The average molecular weight is 213 g/mol. The first-order valence-electron chi connectivity index (χ1n) is 6.03. The van der Waals surface area contributed by atoms with E-state index in [1.165, 1.54) is 0 Å². The number of carbonyl (C=O) groups excluding carboxylic acids is 1. The number of carbonyl (C=O) groups is 1. The number of hydrogen-bond acceptors (Lipinski definition) is 3. The summed E-state index contributed by atoms with van der Waals surface area (Å²) in [7, 11) is 0. The fourth-order valence-corrected chi connectivity index (χ4v) is 1.87. The molecule has 4 heteroatoms. The van der Waals surface area contributed by atoms with E-state index in [2.05, 4.69) is 10.6 Å². The van der Waals surface area contributed by atoms with Crippen molar-refractivity contribution in [2.45, 2.75) is 44.6 Å². The molecular weight excluding hydrogens is 190 g/mol. The van der Waals surface area contributed by atoms with E-state index in [9.17, 15) is 4.79 Å². The van der Waals surface area contributed by atoms with E-state index in [1.54, 1.807) is 0 Å². The maximum absolute atomic E-state index is 11.5. The molecule has 1 fully saturated rings. The van der Waals surface area contributed by atoms with Gasteiger partial charge in [0.1, 0.15) is 0 Å². The largest absolute Gasteiger partial charge is 0.353 e. The van der Waals surface area contributed by atoms with Crippen molar-refractivity contribution in [2.24, 2.45) is 5.73 Å². The lowest BCUT2D eigenvalue weighted by molar-refractivity contribution is -0.122. The summed E-state index contributed by atoms with van der Waals surface area (Å²) >= 11 is 0. The minimum atomic E-state index is 0.207. The summed E-state index contributed by atoms with van der Waals surface area (Å²) in [5.41, 5.74) is 5.39. The zero-order valence-electron chi connectivity index (χ0n) is 9.43. The van der Waals surface area contributed by atoms with Crippen LogP contribution in [0.2, 0.25) is 0 Å². The first kappa shape index (κ1) is 12.5. The fraction of sp³-hybridized carbons (Fsp3) is 0.909. The van der Waals surface area contributed by atoms with Crippen molar-refractivity contribution in [3.05, 3.63) is 0 Å². The quantitative estimate of drug-likeness (QED) is 0.559. The number of hydrogen-bond donors (Lipinski definition) is 3. The lowest BCUT2D eigenvalue weighted by atomic mass is 10.1. The second-order valence-electron chi connectivity index (χ2n) is 4.19. The van der Waals surface area contributed by atoms with Crippen LogP contribution in [0.5, 0.6) is 0 Å². The molecule has 88 valence electrons. The SMILES string of the molecule is NCCCCCC(=O)NC1CCNCC1. The number of unbranched alkanes of at least 4 members (excludes halogenated alkanes) is 2. The maximum Gasteiger partial charge on any atom is 0.220 e. The van der Waals surface area contributed by atoms with Crippen LogP contribution < -0.4 is 16.4 Å². The van der Waals surface area contributed by atoms with E-state index in [4.69, 9.17) is 5.73 Å². The zero-order chi connectivity index (χ0) is 10.9. The Morgan fingerprint density at radius 1 is 1.27 bits per heavy atom. The Morgan fingerprint density at radius 2 is 2.00 bits per heavy atom. The average Bonchev–Trinajstić information content (AvgIpc) is 2.26. The molecule has 0 aliphatic carbocycles. The van der Waals surface area contributed by atoms with Crippen molar-refractivity contribution >= 4 is 5.91 Å². The molecule has 0 bridgehead atoms. The van der Waals surface area contributed by atoms with E-state index in [0.717, 1.165) is 51.7 Å². The van der Waals surface area contributed by atoms with Crippen LogP contribution in [0.25, 0.3) is 0 Å². The van der Waals surface area contributed by atoms with Gasteiger partial charge in [-0.15, -0.1) is 0 Å². The fourth-order valence-electron chi connectivity index (χ4n) is 1.87. The molecule has 0 aromatic carbocycles. The van der Waals surface area contributed by atoms with E-state index in [-0.39, 0.29) is 5.91 Å². The summed E-state index contributed by atoms with van der Waals surface area (Å²) in [6, 6.07) is 0.397. The second-order valence-corrected chi connectivity index (χ2v) is 4.19. The van der Waals surface area contributed by atoms with Gasteiger partial charge in [0.15, 0.2) is 0 Å². The van der Waals surface area contributed by atoms with Crippen LogP contribution in [-0.4, -0.2) is 31.6 Å². The molecule has 1 aliphatic rings. The number of piperidine rings is 1. The third kappa shape index (κ3) is 5.74. The van der Waals surface area contributed by atoms with Crippen LogP contribution in [0.15, 0.2) is 0 Å². The summed E-state index contributed by atoms with van der Waals surface area (Å²) in [6.07, 6.45) is 5.85. The monoisotopic (exact) mass is 213 g/mol. The van der Waals surface area contributed by atoms with Gasteiger partial charge < -0.3 is 16.4 Å². The number of rotatable bonds is 6. The van der Waals surface area contributed by atoms with Crippen molar-refractivity contribution < 1.29 is 4.79 Å². The van der Waals surface area contributed by atoms with Crippen molar-refractivity contribution in [3.63, 3.8) is 0 Å². The third-order valence-corrected chi connectivity index (χ3v) is 2.81. The Hall–Kier alpha value is -0.610. The first-order valence-corrected chi connectivity index (χ1v) is 6.03. The first-order chi connectivity index (χ1) is 7.33. The summed E-state index contributed by atoms with van der Waals surface area (Å²) in [6.45, 7) is 2.78. The molecule has 0 saturated carbocycles. The second kappa shape index (κ2) is 7.65. The van der Waals surface area contributed by atoms with Gasteiger partial charge in [-0.1, -0.05) is 6.42 Å². The Morgan fingerprint density at radius 3 is 2.67 bits per heavy atom. The van der Waals surface area contributed by atoms with Crippen molar-refractivity contribution in [1.82, 2.24) is 10.6 Å². The van der Waals surface area contributed by atoms with Gasteiger partial charge in [0.05, 0.1) is 0 Å². The van der Waals surface area contributed by atoms with Gasteiger partial charge in [-0.2, -0.15) is 0 Å². The molecule has 4 nitrogen and oxygen atoms in total. The van der Waals surface area contributed by atoms with Crippen LogP contribution in [0.1, 0.15) is 38.5 Å². The highest BCUT2D eigenvalue weighted by molar-refractivity contribution is 5.76. The van der Waals surface area contributed by atoms with Gasteiger partial charge in [0, 0.05) is 12.5 Å². The predicted octanol–water partition coefficient (Wildman–Crippen LogP) is 0.374. The van der Waals surface area contributed by atoms with E-state index in [1.807, 2.05) is 0 Å². The van der Waals surface area contributed by atoms with Gasteiger partial charge >= 0.3 is 0 Å². The van der Waals surface area contributed by atoms with Gasteiger partial charge in [-0.25, -0.2) is 0 Å². The molecule has 0 aromatic heterocycles. The molecule has 1 aliphatic heterocycles. The lowest BCUT2D eigenvalue weighted by Crippen LogP contribution is -2.42. The molecule has 1 rings (SSSR count). The van der Waals surface area contributed by atoms with Crippen LogP contribution in [0.4, 0.5) is 0 Å². The number of amides is 1. The van der Waals surface area contributed by atoms with Gasteiger partial charge in [0.25, 0.3) is 0 Å². The summed E-state index contributed by atoms with van der Waals surface area (Å²) in [5.74, 6) is 0.207. The van der Waals surface area contributed by atoms with E-state index < -0.39 is 0 Å². The van der Waals surface area contributed by atoms with Crippen LogP contribution >= 0.6 is 0 Å². The smallest absolute Gasteiger partial charge is 0.220 e. The molecule has 0 unspecified atom stereocenters. The van der Waals surface area contributed by atoms with Crippen LogP contribution in [0, 0.1) is 0 Å². The molecule has 0 atom stereocenters. The Balaban J connectivity index is 2.01. The van der Waals surface area contributed by atoms with Crippen molar-refractivity contribution in [3.8, 4) is 0 Å². The molecule has 0 radical (unpaired) electrons. The van der Waals surface area contributed by atoms with Crippen molar-refractivity contribution in [1.29, 1.82) is 0 Å². The normalized spacial score (nSPS) is 17.7. The maximum atomic E-state index is 11.5. The van der Waals surface area contributed by atoms with Gasteiger partial charge in [-0.3, -0.25) is 4.79 Å². The Kier molecular flexibility index (Phi) is 6.36. The van der Waals surface area contributed by atoms with E-state index in [0.29, 0.717) is 12.5 Å². The molecule has 0 spiro atoms. The minimum Gasteiger partial charge on any atom is -0.353 e. The number of nitrogens with two attached hydrogens (primary N) is 1. The molecule has 0 aromatic rings. The van der Waals surface area contributed by atoms with Crippen molar-refractivity contribution in [2.75, 3.05) is 19.6 Å². The topological polar surface area (TPSA) is 67.2 Å². The summed E-state index contributed by atoms with van der Waals surface area (Å²) in [5, 5.41) is 6.37. The molecule has 1 saturated heterocycles. The molecular formula is C11H23N3O. The molecule has 4 N–H and O–H groups in total. The highest BCUT2D eigenvalue weighted by Gasteiger charge is 2.14. The third-order valence-electron chi connectivity index (χ3n) is 2.81. The summed E-state index contributed by atoms with van der Waals surface area (Å²) < 4.78 is 0. The predicted molar refractivity (Wildman–Crippen MR) is 61.6 cm³/mol. The molecule has 1 heterocycles. The van der Waals surface area contributed by atoms with Gasteiger partial charge in [-0.05, 0) is 45.3 Å². The molecule has 1 amide bonds. The van der Waals surface area contributed by atoms with Crippen LogP contribution in [0.3, 0.4) is 0 Å². The lowest BCUT2D eigenvalue weighted by Gasteiger charge is -2.23. The molecule has 15 heavy (non-hydrogen) atoms. The summed E-state index contributed by atoms with van der Waals surface area (Å²) in [4.78, 5) is 11.5. The van der Waals surface area contributed by atoms with E-state index >= 15 is 0 Å².